The molecule has 0 aliphatic carbocycles. The van der Waals surface area contributed by atoms with E-state index >= 15 is 0 Å². The van der Waals surface area contributed by atoms with Gasteiger partial charge in [-0.05, 0) is 30.3 Å². The highest BCUT2D eigenvalue weighted by molar-refractivity contribution is 9.10. The summed E-state index contributed by atoms with van der Waals surface area (Å²) in [6.45, 7) is 0. The Bertz CT molecular complexity index is 795. The normalized spacial score (nSPS) is 10.5. The van der Waals surface area contributed by atoms with Gasteiger partial charge in [-0.25, -0.2) is 15.0 Å². The molecule has 0 unspecified atom stereocenters. The van der Waals surface area contributed by atoms with E-state index in [4.69, 9.17) is 16.3 Å². The number of amides is 1. The third-order valence-corrected chi connectivity index (χ3v) is 3.64. The lowest BCUT2D eigenvalue weighted by Gasteiger charge is -2.09. The molecule has 0 heterocycles. The summed E-state index contributed by atoms with van der Waals surface area (Å²) >= 11 is 9.31. The molecule has 124 valence electrons. The lowest BCUT2D eigenvalue weighted by molar-refractivity contribution is 0.0734. The molecule has 0 aromatic heterocycles. The van der Waals surface area contributed by atoms with Crippen LogP contribution >= 0.6 is 27.5 Å². The fourth-order valence-corrected chi connectivity index (χ4v) is 2.29. The smallest absolute Gasteiger partial charge is 0.427 e. The molecule has 1 amide bonds. The molecule has 2 aromatic carbocycles. The minimum atomic E-state index is -0.712. The van der Waals surface area contributed by atoms with E-state index in [1.165, 1.54) is 13.3 Å². The number of benzene rings is 2. The summed E-state index contributed by atoms with van der Waals surface area (Å²) in [4.78, 5) is 23.2. The number of nitrogens with zero attached hydrogens (tertiary/aromatic N) is 1. The van der Waals surface area contributed by atoms with E-state index < -0.39 is 12.1 Å². The van der Waals surface area contributed by atoms with E-state index in [9.17, 15) is 9.59 Å². The maximum absolute atomic E-state index is 12.2. The number of nitrogens with one attached hydrogen (secondary N) is 1. The Balaban J connectivity index is 2.22. The van der Waals surface area contributed by atoms with Crippen LogP contribution in [0.4, 0.5) is 4.79 Å². The lowest BCUT2D eigenvalue weighted by atomic mass is 10.2. The van der Waals surface area contributed by atoms with Crippen molar-refractivity contribution in [2.75, 3.05) is 7.11 Å². The van der Waals surface area contributed by atoms with E-state index in [-0.39, 0.29) is 11.3 Å². The van der Waals surface area contributed by atoms with Crippen LogP contribution in [0.1, 0.15) is 15.9 Å². The summed E-state index contributed by atoms with van der Waals surface area (Å²) in [7, 11) is 1.22. The summed E-state index contributed by atoms with van der Waals surface area (Å²) in [5.74, 6) is -0.336. The van der Waals surface area contributed by atoms with E-state index in [1.54, 1.807) is 42.5 Å². The number of methoxy groups -OCH3 is 1. The van der Waals surface area contributed by atoms with Crippen molar-refractivity contribution in [3.8, 4) is 5.75 Å². The quantitative estimate of drug-likeness (QED) is 0.357. The molecule has 24 heavy (non-hydrogen) atoms. The molecule has 8 heteroatoms. The van der Waals surface area contributed by atoms with Gasteiger partial charge in [0.1, 0.15) is 5.75 Å². The molecule has 6 nitrogen and oxygen atoms in total. The zero-order chi connectivity index (χ0) is 17.5. The van der Waals surface area contributed by atoms with Gasteiger partial charge in [0.05, 0.1) is 23.9 Å². The number of halogens is 2. The van der Waals surface area contributed by atoms with Gasteiger partial charge >= 0.3 is 12.1 Å². The van der Waals surface area contributed by atoms with Crippen molar-refractivity contribution < 1.29 is 19.1 Å². The summed E-state index contributed by atoms with van der Waals surface area (Å²) in [6, 6.07) is 11.6. The molecule has 2 aromatic rings. The van der Waals surface area contributed by atoms with Gasteiger partial charge in [-0.3, -0.25) is 0 Å². The van der Waals surface area contributed by atoms with Gasteiger partial charge in [0, 0.05) is 10.0 Å². The van der Waals surface area contributed by atoms with Crippen LogP contribution in [0, 0.1) is 0 Å². The molecule has 0 spiro atoms. The number of hydrogen-bond donors (Lipinski definition) is 1. The Morgan fingerprint density at radius 3 is 2.71 bits per heavy atom. The molecule has 0 atom stereocenters. The fourth-order valence-electron chi connectivity index (χ4n) is 1.69. The first kappa shape index (κ1) is 18.0. The third kappa shape index (κ3) is 4.81. The first-order valence-electron chi connectivity index (χ1n) is 6.64. The maximum Gasteiger partial charge on any atom is 0.427 e. The summed E-state index contributed by atoms with van der Waals surface area (Å²) in [5, 5.41) is 4.02. The first-order chi connectivity index (χ1) is 11.5. The SMILES string of the molecule is COC(=O)N/N=C/c1cc(Br)ccc1OC(=O)c1ccccc1Cl. The standard InChI is InChI=1S/C16H12BrClN2O4/c1-23-16(22)20-19-9-10-8-11(17)6-7-14(10)24-15(21)12-4-2-3-5-13(12)18/h2-9H,1H3,(H,20,22)/b19-9+. The highest BCUT2D eigenvalue weighted by Gasteiger charge is 2.14. The minimum Gasteiger partial charge on any atom is -0.452 e. The number of esters is 1. The lowest BCUT2D eigenvalue weighted by Crippen LogP contribution is -2.17. The molecule has 0 aliphatic heterocycles. The van der Waals surface area contributed by atoms with Crippen molar-refractivity contribution in [3.63, 3.8) is 0 Å². The van der Waals surface area contributed by atoms with Gasteiger partial charge in [0.15, 0.2) is 0 Å². The summed E-state index contributed by atoms with van der Waals surface area (Å²) in [6.07, 6.45) is 0.618. The second-order valence-electron chi connectivity index (χ2n) is 4.41. The third-order valence-electron chi connectivity index (χ3n) is 2.81. The number of rotatable bonds is 4. The van der Waals surface area contributed by atoms with E-state index in [0.29, 0.717) is 10.6 Å². The monoisotopic (exact) mass is 410 g/mol. The minimum absolute atomic E-state index is 0.248. The largest absolute Gasteiger partial charge is 0.452 e. The Morgan fingerprint density at radius 1 is 1.25 bits per heavy atom. The number of ether oxygens (including phenoxy) is 2. The highest BCUT2D eigenvalue weighted by atomic mass is 79.9. The van der Waals surface area contributed by atoms with Crippen molar-refractivity contribution in [1.29, 1.82) is 0 Å². The molecule has 0 bridgehead atoms. The molecule has 2 rings (SSSR count). The molecular formula is C16H12BrClN2O4. The fraction of sp³-hybridized carbons (Fsp3) is 0.0625. The van der Waals surface area contributed by atoms with Gasteiger partial charge in [-0.15, -0.1) is 0 Å². The molecule has 0 aliphatic rings. The average molecular weight is 412 g/mol. The van der Waals surface area contributed by atoms with Crippen LogP contribution in [0.25, 0.3) is 0 Å². The molecule has 0 saturated carbocycles. The van der Waals surface area contributed by atoms with Crippen LogP contribution < -0.4 is 10.2 Å². The summed E-state index contributed by atoms with van der Waals surface area (Å²) in [5.41, 5.74) is 2.87. The van der Waals surface area contributed by atoms with Gasteiger partial charge < -0.3 is 9.47 Å². The highest BCUT2D eigenvalue weighted by Crippen LogP contribution is 2.24. The van der Waals surface area contributed by atoms with Crippen LogP contribution in [0.2, 0.25) is 5.02 Å². The van der Waals surface area contributed by atoms with Crippen LogP contribution in [0.15, 0.2) is 52.0 Å². The second kappa shape index (κ2) is 8.47. The predicted molar refractivity (Wildman–Crippen MR) is 93.7 cm³/mol. The molecule has 0 fully saturated rings. The Labute approximate surface area is 151 Å². The molecule has 1 N–H and O–H groups in total. The zero-order valence-corrected chi connectivity index (χ0v) is 14.8. The van der Waals surface area contributed by atoms with Crippen molar-refractivity contribution in [2.24, 2.45) is 5.10 Å². The van der Waals surface area contributed by atoms with Gasteiger partial charge in [-0.2, -0.15) is 5.10 Å². The molecule has 0 saturated heterocycles. The second-order valence-corrected chi connectivity index (χ2v) is 5.74. The maximum atomic E-state index is 12.2. The Hall–Kier alpha value is -2.38. The number of carbonyl (C=O) groups excluding carboxylic acids is 2. The Morgan fingerprint density at radius 2 is 2.00 bits per heavy atom. The van der Waals surface area contributed by atoms with Gasteiger partial charge in [0.2, 0.25) is 0 Å². The number of hydrazone groups is 1. The van der Waals surface area contributed by atoms with Crippen LogP contribution in [-0.4, -0.2) is 25.4 Å². The molecule has 0 radical (unpaired) electrons. The summed E-state index contributed by atoms with van der Waals surface area (Å²) < 4.78 is 10.5. The number of carbonyl (C=O) groups is 2. The van der Waals surface area contributed by atoms with Crippen molar-refractivity contribution in [1.82, 2.24) is 5.43 Å². The van der Waals surface area contributed by atoms with Gasteiger partial charge in [-0.1, -0.05) is 39.7 Å². The van der Waals surface area contributed by atoms with Crippen LogP contribution in [-0.2, 0) is 4.74 Å². The van der Waals surface area contributed by atoms with Crippen LogP contribution in [0.5, 0.6) is 5.75 Å². The van der Waals surface area contributed by atoms with Crippen molar-refractivity contribution in [2.45, 2.75) is 0 Å². The van der Waals surface area contributed by atoms with Crippen molar-refractivity contribution >= 4 is 45.8 Å². The van der Waals surface area contributed by atoms with Crippen LogP contribution in [0.3, 0.4) is 0 Å². The van der Waals surface area contributed by atoms with Crippen molar-refractivity contribution in [3.05, 3.63) is 63.1 Å². The predicted octanol–water partition coefficient (Wildman–Crippen LogP) is 4.01. The Kier molecular flexibility index (Phi) is 6.34. The van der Waals surface area contributed by atoms with E-state index in [0.717, 1.165) is 4.47 Å². The number of hydrogen-bond acceptors (Lipinski definition) is 5. The molecular weight excluding hydrogens is 400 g/mol. The van der Waals surface area contributed by atoms with E-state index in [1.807, 2.05) is 0 Å². The topological polar surface area (TPSA) is 77.0 Å². The average Bonchev–Trinajstić information content (AvgIpc) is 2.57. The van der Waals surface area contributed by atoms with E-state index in [2.05, 4.69) is 31.2 Å². The zero-order valence-electron chi connectivity index (χ0n) is 12.5. The van der Waals surface area contributed by atoms with Gasteiger partial charge in [0.25, 0.3) is 0 Å². The first-order valence-corrected chi connectivity index (χ1v) is 7.81.